The first-order chi connectivity index (χ1) is 7.51. The van der Waals surface area contributed by atoms with Crippen molar-refractivity contribution in [3.8, 4) is 5.75 Å². The van der Waals surface area contributed by atoms with Gasteiger partial charge in [0.2, 0.25) is 0 Å². The van der Waals surface area contributed by atoms with E-state index in [0.717, 1.165) is 0 Å². The van der Waals surface area contributed by atoms with Crippen LogP contribution in [0.5, 0.6) is 5.75 Å². The van der Waals surface area contributed by atoms with Gasteiger partial charge in [0.05, 0.1) is 4.92 Å². The molecule has 0 heterocycles. The molecule has 0 atom stereocenters. The summed E-state index contributed by atoms with van der Waals surface area (Å²) in [5.41, 5.74) is -1.05. The molecule has 0 aromatic heterocycles. The first-order valence-corrected chi connectivity index (χ1v) is 5.00. The lowest BCUT2D eigenvalue weighted by molar-refractivity contribution is -0.384. The van der Waals surface area contributed by atoms with Crippen LogP contribution in [-0.2, 0) is 0 Å². The highest BCUT2D eigenvalue weighted by Gasteiger charge is 2.05. The zero-order chi connectivity index (χ0) is 12.6. The fourth-order valence-corrected chi connectivity index (χ4v) is 0.818. The Morgan fingerprint density at radius 1 is 1.38 bits per heavy atom. The summed E-state index contributed by atoms with van der Waals surface area (Å²) in [5, 5.41) is 10.2. The Morgan fingerprint density at radius 3 is 2.12 bits per heavy atom. The Hall–Kier alpha value is -1.62. The third kappa shape index (κ3) is 5.98. The molecule has 0 amide bonds. The summed E-state index contributed by atoms with van der Waals surface area (Å²) in [7, 11) is 0. The highest BCUT2D eigenvalue weighted by atomic mass is 35.5. The topological polar surface area (TPSA) is 69.4 Å². The number of rotatable bonds is 2. The van der Waals surface area contributed by atoms with Gasteiger partial charge in [-0.15, -0.1) is 0 Å². The van der Waals surface area contributed by atoms with Gasteiger partial charge in [-0.25, -0.2) is 4.79 Å². The quantitative estimate of drug-likeness (QED) is 0.452. The number of non-ortho nitro benzene ring substituents is 1. The summed E-state index contributed by atoms with van der Waals surface area (Å²) in [5.74, 6) is 0.172. The summed E-state index contributed by atoms with van der Waals surface area (Å²) in [6, 6.07) is 5.02. The fourth-order valence-electron chi connectivity index (χ4n) is 0.729. The van der Waals surface area contributed by atoms with Gasteiger partial charge in [-0.1, -0.05) is 20.3 Å². The van der Waals surface area contributed by atoms with Gasteiger partial charge in [0.1, 0.15) is 5.75 Å². The molecule has 5 nitrogen and oxygen atoms in total. The third-order valence-electron chi connectivity index (χ3n) is 1.25. The maximum absolute atomic E-state index is 10.2. The van der Waals surface area contributed by atoms with Crippen LogP contribution >= 0.6 is 11.6 Å². The maximum Gasteiger partial charge on any atom is 0.409 e. The van der Waals surface area contributed by atoms with E-state index in [1.807, 2.05) is 0 Å². The number of halogens is 1. The SMILES string of the molecule is CCC.O=C(Cl)Oc1ccc([N+](=O)[O-])cc1. The second-order valence-corrected chi connectivity index (χ2v) is 3.11. The second-order valence-electron chi connectivity index (χ2n) is 2.80. The largest absolute Gasteiger partial charge is 0.414 e. The van der Waals surface area contributed by atoms with Gasteiger partial charge in [0.15, 0.2) is 0 Å². The fraction of sp³-hybridized carbons (Fsp3) is 0.300. The predicted molar refractivity (Wildman–Crippen MR) is 60.9 cm³/mol. The first kappa shape index (κ1) is 14.4. The van der Waals surface area contributed by atoms with Crippen molar-refractivity contribution < 1.29 is 14.5 Å². The Kier molecular flexibility index (Phi) is 6.87. The van der Waals surface area contributed by atoms with E-state index in [4.69, 9.17) is 11.6 Å². The van der Waals surface area contributed by atoms with Gasteiger partial charge < -0.3 is 4.74 Å². The van der Waals surface area contributed by atoms with Gasteiger partial charge in [-0.2, -0.15) is 0 Å². The number of carbonyl (C=O) groups is 1. The molecule has 0 fully saturated rings. The van der Waals surface area contributed by atoms with E-state index in [-0.39, 0.29) is 11.4 Å². The molecule has 1 rings (SSSR count). The van der Waals surface area contributed by atoms with Crippen LogP contribution < -0.4 is 4.74 Å². The summed E-state index contributed by atoms with van der Waals surface area (Å²) in [6.07, 6.45) is 1.25. The Morgan fingerprint density at radius 2 is 1.81 bits per heavy atom. The van der Waals surface area contributed by atoms with Crippen LogP contribution in [0.4, 0.5) is 10.5 Å². The second kappa shape index (κ2) is 7.64. The smallest absolute Gasteiger partial charge is 0.409 e. The van der Waals surface area contributed by atoms with Crippen molar-refractivity contribution in [3.63, 3.8) is 0 Å². The predicted octanol–water partition coefficient (Wildman–Crippen LogP) is 3.75. The molecule has 0 radical (unpaired) electrons. The first-order valence-electron chi connectivity index (χ1n) is 4.63. The molecule has 0 saturated heterocycles. The Balaban J connectivity index is 0.000000673. The molecule has 6 heteroatoms. The van der Waals surface area contributed by atoms with E-state index in [1.165, 1.54) is 30.7 Å². The number of nitro benzene ring substituents is 1. The average molecular weight is 246 g/mol. The Bertz CT molecular complexity index is 350. The zero-order valence-corrected chi connectivity index (χ0v) is 9.73. The molecular weight excluding hydrogens is 234 g/mol. The lowest BCUT2D eigenvalue weighted by Crippen LogP contribution is -1.96. The molecule has 1 aromatic rings. The lowest BCUT2D eigenvalue weighted by Gasteiger charge is -1.97. The van der Waals surface area contributed by atoms with Gasteiger partial charge in [0, 0.05) is 23.7 Å². The number of nitrogens with zero attached hydrogens (tertiary/aromatic N) is 1. The minimum Gasteiger partial charge on any atom is -0.414 e. The summed E-state index contributed by atoms with van der Waals surface area (Å²) >= 11 is 4.92. The number of carbonyl (C=O) groups excluding carboxylic acids is 1. The normalized spacial score (nSPS) is 8.69. The summed E-state index contributed by atoms with van der Waals surface area (Å²) < 4.78 is 4.45. The van der Waals surface area contributed by atoms with Crippen molar-refractivity contribution in [1.29, 1.82) is 0 Å². The molecule has 0 aliphatic carbocycles. The molecule has 0 bridgehead atoms. The molecule has 88 valence electrons. The minimum absolute atomic E-state index is 0.0747. The van der Waals surface area contributed by atoms with Gasteiger partial charge in [-0.3, -0.25) is 10.1 Å². The monoisotopic (exact) mass is 245 g/mol. The lowest BCUT2D eigenvalue weighted by atomic mass is 10.3. The van der Waals surface area contributed by atoms with Crippen LogP contribution in [0.3, 0.4) is 0 Å². The van der Waals surface area contributed by atoms with Crippen molar-refractivity contribution in [2.24, 2.45) is 0 Å². The maximum atomic E-state index is 10.2. The van der Waals surface area contributed by atoms with E-state index in [1.54, 1.807) is 0 Å². The number of hydrogen-bond acceptors (Lipinski definition) is 4. The van der Waals surface area contributed by atoms with Crippen molar-refractivity contribution >= 4 is 22.7 Å². The van der Waals surface area contributed by atoms with Crippen LogP contribution in [0, 0.1) is 10.1 Å². The van der Waals surface area contributed by atoms with Gasteiger partial charge in [-0.05, 0) is 12.1 Å². The van der Waals surface area contributed by atoms with E-state index in [9.17, 15) is 14.9 Å². The third-order valence-corrected chi connectivity index (χ3v) is 1.32. The van der Waals surface area contributed by atoms with E-state index < -0.39 is 10.4 Å². The molecule has 0 saturated carbocycles. The van der Waals surface area contributed by atoms with Crippen molar-refractivity contribution in [1.82, 2.24) is 0 Å². The van der Waals surface area contributed by atoms with Crippen molar-refractivity contribution in [2.75, 3.05) is 0 Å². The number of hydrogen-bond donors (Lipinski definition) is 0. The summed E-state index contributed by atoms with van der Waals surface area (Å²) in [6.45, 7) is 4.25. The number of nitro groups is 1. The van der Waals surface area contributed by atoms with Gasteiger partial charge >= 0.3 is 5.43 Å². The summed E-state index contributed by atoms with van der Waals surface area (Å²) in [4.78, 5) is 19.9. The van der Waals surface area contributed by atoms with Crippen LogP contribution in [0.15, 0.2) is 24.3 Å². The molecule has 0 spiro atoms. The van der Waals surface area contributed by atoms with Crippen LogP contribution in [-0.4, -0.2) is 10.4 Å². The van der Waals surface area contributed by atoms with E-state index in [0.29, 0.717) is 0 Å². The minimum atomic E-state index is -0.978. The van der Waals surface area contributed by atoms with E-state index >= 15 is 0 Å². The molecule has 0 N–H and O–H groups in total. The van der Waals surface area contributed by atoms with E-state index in [2.05, 4.69) is 18.6 Å². The standard InChI is InChI=1S/C7H4ClNO4.C3H8/c8-7(10)13-6-3-1-5(2-4-6)9(11)12;1-3-2/h1-4H;3H2,1-2H3. The highest BCUT2D eigenvalue weighted by Crippen LogP contribution is 2.17. The molecule has 0 aliphatic rings. The Labute approximate surface area is 98.1 Å². The average Bonchev–Trinajstić information content (AvgIpc) is 2.18. The van der Waals surface area contributed by atoms with Crippen LogP contribution in [0.1, 0.15) is 20.3 Å². The van der Waals surface area contributed by atoms with Crippen LogP contribution in [0.25, 0.3) is 0 Å². The van der Waals surface area contributed by atoms with Crippen LogP contribution in [0.2, 0.25) is 0 Å². The molecular formula is C10H12ClNO4. The van der Waals surface area contributed by atoms with Gasteiger partial charge in [0.25, 0.3) is 5.69 Å². The molecule has 1 aromatic carbocycles. The van der Waals surface area contributed by atoms with Crippen molar-refractivity contribution in [2.45, 2.75) is 20.3 Å². The number of ether oxygens (including phenoxy) is 1. The zero-order valence-electron chi connectivity index (χ0n) is 8.97. The van der Waals surface area contributed by atoms with Crippen molar-refractivity contribution in [3.05, 3.63) is 34.4 Å². The molecule has 0 aliphatic heterocycles. The molecule has 0 unspecified atom stereocenters. The highest BCUT2D eigenvalue weighted by molar-refractivity contribution is 6.61. The number of benzene rings is 1. The molecule has 16 heavy (non-hydrogen) atoms.